The summed E-state index contributed by atoms with van der Waals surface area (Å²) in [4.78, 5) is 2.34. The Bertz CT molecular complexity index is 3230. The molecule has 0 aliphatic heterocycles. The molecular weight excluding hydrogens is 679 g/mol. The van der Waals surface area contributed by atoms with E-state index >= 15 is 0 Å². The van der Waals surface area contributed by atoms with Gasteiger partial charge in [0.2, 0.25) is 0 Å². The number of rotatable bonds is 6. The predicted octanol–water partition coefficient (Wildman–Crippen LogP) is 15.5. The lowest BCUT2D eigenvalue weighted by molar-refractivity contribution is 0.673. The van der Waals surface area contributed by atoms with Crippen molar-refractivity contribution >= 4 is 71.3 Å². The first-order chi connectivity index (χ1) is 27.8. The molecule has 0 atom stereocenters. The normalized spacial score (nSPS) is 11.6. The third-order valence-electron chi connectivity index (χ3n) is 11.2. The zero-order valence-corrected chi connectivity index (χ0v) is 30.6. The number of furan rings is 1. The second-order valence-corrected chi connectivity index (χ2v) is 14.5. The topological polar surface area (TPSA) is 16.4 Å². The fraction of sp³-hybridized carbons (Fsp3) is 0. The van der Waals surface area contributed by atoms with Gasteiger partial charge in [-0.25, -0.2) is 0 Å². The molecule has 262 valence electrons. The average molecular weight is 714 g/mol. The molecule has 56 heavy (non-hydrogen) atoms. The summed E-state index contributed by atoms with van der Waals surface area (Å²) in [5.74, 6) is 0. The lowest BCUT2D eigenvalue weighted by Gasteiger charge is -2.26. The van der Waals surface area contributed by atoms with Crippen molar-refractivity contribution in [3.63, 3.8) is 0 Å². The van der Waals surface area contributed by atoms with E-state index in [0.717, 1.165) is 50.0 Å². The van der Waals surface area contributed by atoms with Crippen molar-refractivity contribution in [2.24, 2.45) is 0 Å². The third kappa shape index (κ3) is 5.34. The van der Waals surface area contributed by atoms with Gasteiger partial charge in [0, 0.05) is 39.3 Å². The maximum absolute atomic E-state index is 6.84. The fourth-order valence-corrected chi connectivity index (χ4v) is 8.57. The molecule has 0 fully saturated rings. The summed E-state index contributed by atoms with van der Waals surface area (Å²) in [7, 11) is 0. The van der Waals surface area contributed by atoms with Crippen molar-refractivity contribution in [3.8, 4) is 33.4 Å². The summed E-state index contributed by atoms with van der Waals surface area (Å²) in [6.45, 7) is 0. The molecule has 2 nitrogen and oxygen atoms in total. The van der Waals surface area contributed by atoms with Crippen LogP contribution in [0.25, 0.3) is 87.6 Å². The second kappa shape index (κ2) is 13.2. The summed E-state index contributed by atoms with van der Waals surface area (Å²) in [5.41, 5.74) is 12.1. The zero-order valence-electron chi connectivity index (χ0n) is 30.6. The van der Waals surface area contributed by atoms with E-state index in [-0.39, 0.29) is 0 Å². The van der Waals surface area contributed by atoms with Crippen LogP contribution in [-0.4, -0.2) is 0 Å². The molecule has 0 aliphatic carbocycles. The van der Waals surface area contributed by atoms with Gasteiger partial charge < -0.3 is 9.32 Å². The van der Waals surface area contributed by atoms with Gasteiger partial charge in [-0.05, 0) is 109 Å². The summed E-state index contributed by atoms with van der Waals surface area (Å²) >= 11 is 0. The van der Waals surface area contributed by atoms with Gasteiger partial charge in [-0.3, -0.25) is 0 Å². The van der Waals surface area contributed by atoms with E-state index in [9.17, 15) is 0 Å². The van der Waals surface area contributed by atoms with Crippen LogP contribution in [0.3, 0.4) is 0 Å². The molecule has 0 spiro atoms. The zero-order chi connectivity index (χ0) is 37.0. The van der Waals surface area contributed by atoms with Gasteiger partial charge in [0.25, 0.3) is 0 Å². The molecule has 1 heterocycles. The van der Waals surface area contributed by atoms with E-state index in [1.807, 2.05) is 0 Å². The molecule has 0 saturated carbocycles. The van der Waals surface area contributed by atoms with Gasteiger partial charge in [-0.2, -0.15) is 0 Å². The Labute approximate surface area is 325 Å². The molecule has 11 aromatic rings. The van der Waals surface area contributed by atoms with Crippen LogP contribution in [0.1, 0.15) is 0 Å². The standard InChI is InChI=1S/C54H35NO/c1-3-14-36(15-4-1)39-19-13-20-42(32-39)55(41-28-26-38(27-29-41)50-33-40-18-7-8-21-44(40)45-22-9-10-23-46(45)50)43-30-31-48-52-35-51(37-16-5-2-6-17-37)47-24-11-12-25-49(47)54(52)56-53(48)34-43/h1-35H. The largest absolute Gasteiger partial charge is 0.455 e. The lowest BCUT2D eigenvalue weighted by atomic mass is 9.93. The molecule has 0 saturated heterocycles. The van der Waals surface area contributed by atoms with E-state index in [1.165, 1.54) is 54.7 Å². The van der Waals surface area contributed by atoms with Gasteiger partial charge in [0.15, 0.2) is 0 Å². The molecule has 0 N–H and O–H groups in total. The van der Waals surface area contributed by atoms with Crippen LogP contribution in [-0.2, 0) is 0 Å². The molecule has 0 radical (unpaired) electrons. The quantitative estimate of drug-likeness (QED) is 0.160. The number of hydrogen-bond acceptors (Lipinski definition) is 2. The number of nitrogens with zero attached hydrogens (tertiary/aromatic N) is 1. The summed E-state index contributed by atoms with van der Waals surface area (Å²) in [5, 5.41) is 9.56. The number of hydrogen-bond donors (Lipinski definition) is 0. The second-order valence-electron chi connectivity index (χ2n) is 14.5. The highest BCUT2D eigenvalue weighted by atomic mass is 16.3. The highest BCUT2D eigenvalue weighted by Crippen LogP contribution is 2.44. The molecule has 1 aromatic heterocycles. The van der Waals surface area contributed by atoms with E-state index in [2.05, 4.69) is 217 Å². The monoisotopic (exact) mass is 713 g/mol. The Morgan fingerprint density at radius 1 is 0.286 bits per heavy atom. The van der Waals surface area contributed by atoms with Gasteiger partial charge in [-0.1, -0.05) is 158 Å². The summed E-state index contributed by atoms with van der Waals surface area (Å²) in [6, 6.07) is 76.3. The van der Waals surface area contributed by atoms with Crippen LogP contribution >= 0.6 is 0 Å². The number of fused-ring (bicyclic) bond motifs is 8. The first-order valence-electron chi connectivity index (χ1n) is 19.2. The fourth-order valence-electron chi connectivity index (χ4n) is 8.57. The van der Waals surface area contributed by atoms with E-state index in [1.54, 1.807) is 0 Å². The van der Waals surface area contributed by atoms with Crippen molar-refractivity contribution in [1.82, 2.24) is 0 Å². The first kappa shape index (κ1) is 32.0. The molecule has 0 unspecified atom stereocenters. The molecular formula is C54H35NO. The summed E-state index contributed by atoms with van der Waals surface area (Å²) < 4.78 is 6.84. The van der Waals surface area contributed by atoms with E-state index in [0.29, 0.717) is 0 Å². The molecule has 10 aromatic carbocycles. The van der Waals surface area contributed by atoms with Crippen molar-refractivity contribution in [2.45, 2.75) is 0 Å². The first-order valence-corrected chi connectivity index (χ1v) is 19.2. The average Bonchev–Trinajstić information content (AvgIpc) is 3.65. The van der Waals surface area contributed by atoms with Crippen LogP contribution in [0, 0.1) is 0 Å². The van der Waals surface area contributed by atoms with Gasteiger partial charge in [0.05, 0.1) is 0 Å². The van der Waals surface area contributed by atoms with Crippen LogP contribution in [0.2, 0.25) is 0 Å². The van der Waals surface area contributed by atoms with E-state index in [4.69, 9.17) is 4.42 Å². The van der Waals surface area contributed by atoms with Crippen molar-refractivity contribution in [3.05, 3.63) is 212 Å². The molecule has 2 heteroatoms. The highest BCUT2D eigenvalue weighted by molar-refractivity contribution is 6.19. The van der Waals surface area contributed by atoms with Gasteiger partial charge in [0.1, 0.15) is 11.2 Å². The molecule has 11 rings (SSSR count). The Balaban J connectivity index is 1.08. The van der Waals surface area contributed by atoms with Gasteiger partial charge >= 0.3 is 0 Å². The minimum absolute atomic E-state index is 0.858. The van der Waals surface area contributed by atoms with Crippen LogP contribution in [0.5, 0.6) is 0 Å². The maximum Gasteiger partial charge on any atom is 0.143 e. The smallest absolute Gasteiger partial charge is 0.143 e. The lowest BCUT2D eigenvalue weighted by Crippen LogP contribution is -2.10. The SMILES string of the molecule is c1ccc(-c2cccc(N(c3ccc(-c4cc5ccccc5c5ccccc45)cc3)c3ccc4c(c3)oc3c5ccccc5c(-c5ccccc5)cc43)c2)cc1. The Hall–Kier alpha value is -7.42. The Morgan fingerprint density at radius 3 is 1.61 bits per heavy atom. The Kier molecular flexibility index (Phi) is 7.53. The van der Waals surface area contributed by atoms with Crippen molar-refractivity contribution in [2.75, 3.05) is 4.90 Å². The third-order valence-corrected chi connectivity index (χ3v) is 11.2. The summed E-state index contributed by atoms with van der Waals surface area (Å²) in [6.07, 6.45) is 0. The minimum atomic E-state index is 0.858. The molecule has 0 aliphatic rings. The molecule has 0 bridgehead atoms. The molecule has 0 amide bonds. The van der Waals surface area contributed by atoms with Crippen LogP contribution in [0.4, 0.5) is 17.1 Å². The van der Waals surface area contributed by atoms with Gasteiger partial charge in [-0.15, -0.1) is 0 Å². The van der Waals surface area contributed by atoms with Crippen LogP contribution < -0.4 is 4.90 Å². The van der Waals surface area contributed by atoms with Crippen molar-refractivity contribution in [1.29, 1.82) is 0 Å². The number of benzene rings is 10. The van der Waals surface area contributed by atoms with E-state index < -0.39 is 0 Å². The van der Waals surface area contributed by atoms with Crippen molar-refractivity contribution < 1.29 is 4.42 Å². The highest BCUT2D eigenvalue weighted by Gasteiger charge is 2.19. The van der Waals surface area contributed by atoms with Crippen LogP contribution in [0.15, 0.2) is 217 Å². The number of anilines is 3. The minimum Gasteiger partial charge on any atom is -0.455 e. The maximum atomic E-state index is 6.84. The Morgan fingerprint density at radius 2 is 0.839 bits per heavy atom. The predicted molar refractivity (Wildman–Crippen MR) is 237 cm³/mol.